The third-order valence-electron chi connectivity index (χ3n) is 11.8. The van der Waals surface area contributed by atoms with E-state index in [0.717, 1.165) is 28.1 Å². The molecule has 1 aliphatic carbocycles. The first-order valence-corrected chi connectivity index (χ1v) is 20.3. The van der Waals surface area contributed by atoms with Crippen molar-refractivity contribution in [2.75, 3.05) is 0 Å². The van der Waals surface area contributed by atoms with Crippen LogP contribution in [0.25, 0.3) is 87.5 Å². The minimum Gasteiger partial charge on any atom is -0.228 e. The summed E-state index contributed by atoms with van der Waals surface area (Å²) < 4.78 is 2.66. The molecule has 2 nitrogen and oxygen atoms in total. The van der Waals surface area contributed by atoms with Gasteiger partial charge in [-0.25, -0.2) is 9.97 Å². The predicted molar refractivity (Wildman–Crippen MR) is 240 cm³/mol. The Labute approximate surface area is 336 Å². The van der Waals surface area contributed by atoms with Gasteiger partial charge in [-0.05, 0) is 87.3 Å². The van der Waals surface area contributed by atoms with E-state index in [1.54, 1.807) is 0 Å². The summed E-state index contributed by atoms with van der Waals surface area (Å²) in [6.07, 6.45) is 0. The van der Waals surface area contributed by atoms with Crippen LogP contribution in [0, 0.1) is 0 Å². The van der Waals surface area contributed by atoms with Gasteiger partial charge in [-0.2, -0.15) is 0 Å². The highest BCUT2D eigenvalue weighted by Crippen LogP contribution is 2.53. The summed E-state index contributed by atoms with van der Waals surface area (Å²) in [6, 6.07) is 72.2. The molecule has 8 aromatic carbocycles. The molecule has 11 rings (SSSR count). The molecule has 2 heterocycles. The van der Waals surface area contributed by atoms with E-state index < -0.39 is 0 Å². The maximum Gasteiger partial charge on any atom is 0.160 e. The Balaban J connectivity index is 0.950. The number of hydrogen-bond donors (Lipinski definition) is 0. The summed E-state index contributed by atoms with van der Waals surface area (Å²) in [4.78, 5) is 10.4. The number of hydrogen-bond acceptors (Lipinski definition) is 3. The van der Waals surface area contributed by atoms with Crippen LogP contribution in [0.5, 0.6) is 0 Å². The van der Waals surface area contributed by atoms with E-state index in [1.165, 1.54) is 70.2 Å². The quantitative estimate of drug-likeness (QED) is 0.169. The van der Waals surface area contributed by atoms with Crippen LogP contribution in [-0.2, 0) is 5.41 Å². The van der Waals surface area contributed by atoms with Gasteiger partial charge in [0.05, 0.1) is 11.4 Å². The fourth-order valence-corrected chi connectivity index (χ4v) is 9.87. The van der Waals surface area contributed by atoms with Crippen molar-refractivity contribution in [1.82, 2.24) is 9.97 Å². The molecule has 0 N–H and O–H groups in total. The van der Waals surface area contributed by atoms with Crippen LogP contribution in [-0.4, -0.2) is 9.97 Å². The van der Waals surface area contributed by atoms with Crippen LogP contribution in [0.3, 0.4) is 0 Å². The van der Waals surface area contributed by atoms with Crippen molar-refractivity contribution in [3.63, 3.8) is 0 Å². The second kappa shape index (κ2) is 13.4. The van der Waals surface area contributed by atoms with Gasteiger partial charge >= 0.3 is 0 Å². The highest BCUT2D eigenvalue weighted by molar-refractivity contribution is 7.25. The van der Waals surface area contributed by atoms with Crippen molar-refractivity contribution in [3.05, 3.63) is 217 Å². The van der Waals surface area contributed by atoms with Gasteiger partial charge in [0, 0.05) is 42.3 Å². The minimum absolute atomic E-state index is 0.290. The lowest BCUT2D eigenvalue weighted by atomic mass is 9.74. The van der Waals surface area contributed by atoms with Gasteiger partial charge in [-0.3, -0.25) is 0 Å². The van der Waals surface area contributed by atoms with Gasteiger partial charge in [0.25, 0.3) is 0 Å². The van der Waals surface area contributed by atoms with Gasteiger partial charge in [-0.15, -0.1) is 11.3 Å². The summed E-state index contributed by atoms with van der Waals surface area (Å²) in [5.41, 5.74) is 15.9. The number of fused-ring (bicyclic) bond motifs is 6. The van der Waals surface area contributed by atoms with Crippen LogP contribution in [0.4, 0.5) is 0 Å². The zero-order valence-corrected chi connectivity index (χ0v) is 32.2. The van der Waals surface area contributed by atoms with Crippen molar-refractivity contribution in [1.29, 1.82) is 0 Å². The molecule has 0 radical (unpaired) electrons. The molecule has 0 saturated carbocycles. The average Bonchev–Trinajstić information content (AvgIpc) is 3.79. The van der Waals surface area contributed by atoms with Gasteiger partial charge in [0.15, 0.2) is 5.82 Å². The van der Waals surface area contributed by atoms with Crippen LogP contribution in [0.1, 0.15) is 23.6 Å². The molecule has 10 aromatic rings. The minimum atomic E-state index is -0.290. The molecule has 268 valence electrons. The lowest BCUT2D eigenvalue weighted by molar-refractivity contribution is 0.714. The summed E-state index contributed by atoms with van der Waals surface area (Å²) in [5.74, 6) is 0.714. The van der Waals surface area contributed by atoms with E-state index in [9.17, 15) is 0 Å². The fourth-order valence-electron chi connectivity index (χ4n) is 8.79. The number of aromatic nitrogens is 2. The third kappa shape index (κ3) is 5.62. The van der Waals surface area contributed by atoms with Gasteiger partial charge < -0.3 is 0 Å². The van der Waals surface area contributed by atoms with Gasteiger partial charge in [0.1, 0.15) is 0 Å². The molecule has 0 bridgehead atoms. The Hall–Kier alpha value is -6.94. The van der Waals surface area contributed by atoms with Gasteiger partial charge in [-0.1, -0.05) is 170 Å². The number of benzene rings is 8. The fraction of sp³-hybridized carbons (Fsp3) is 0.0370. The second-order valence-corrected chi connectivity index (χ2v) is 16.2. The average molecular weight is 745 g/mol. The lowest BCUT2D eigenvalue weighted by Gasteiger charge is -2.28. The molecule has 2 aromatic heterocycles. The molecular formula is C54H36N2S. The Morgan fingerprint density at radius 3 is 1.67 bits per heavy atom. The number of rotatable bonds is 6. The van der Waals surface area contributed by atoms with Crippen molar-refractivity contribution in [2.24, 2.45) is 0 Å². The molecule has 1 aliphatic rings. The van der Waals surface area contributed by atoms with E-state index >= 15 is 0 Å². The molecule has 0 spiro atoms. The summed E-state index contributed by atoms with van der Waals surface area (Å²) in [5, 5.41) is 2.65. The maximum atomic E-state index is 5.21. The largest absolute Gasteiger partial charge is 0.228 e. The highest BCUT2D eigenvalue weighted by Gasteiger charge is 2.40. The highest BCUT2D eigenvalue weighted by atomic mass is 32.1. The van der Waals surface area contributed by atoms with Crippen molar-refractivity contribution in [2.45, 2.75) is 12.3 Å². The third-order valence-corrected chi connectivity index (χ3v) is 13.0. The smallest absolute Gasteiger partial charge is 0.160 e. The lowest BCUT2D eigenvalue weighted by Crippen LogP contribution is -2.22. The normalized spacial score (nSPS) is 14.5. The Morgan fingerprint density at radius 2 is 0.912 bits per heavy atom. The molecular weight excluding hydrogens is 709 g/mol. The maximum absolute atomic E-state index is 5.21. The predicted octanol–water partition coefficient (Wildman–Crippen LogP) is 14.5. The molecule has 0 amide bonds. The molecule has 0 saturated heterocycles. The summed E-state index contributed by atoms with van der Waals surface area (Å²) in [6.45, 7) is 2.36. The molecule has 57 heavy (non-hydrogen) atoms. The molecule has 0 fully saturated rings. The summed E-state index contributed by atoms with van der Waals surface area (Å²) >= 11 is 1.86. The van der Waals surface area contributed by atoms with Crippen LogP contribution in [0.15, 0.2) is 200 Å². The molecule has 3 heteroatoms. The molecule has 1 unspecified atom stereocenters. The first-order valence-electron chi connectivity index (χ1n) is 19.5. The van der Waals surface area contributed by atoms with E-state index in [4.69, 9.17) is 9.97 Å². The van der Waals surface area contributed by atoms with Gasteiger partial charge in [0.2, 0.25) is 0 Å². The zero-order chi connectivity index (χ0) is 37.9. The number of nitrogens with zero attached hydrogens (tertiary/aromatic N) is 2. The first kappa shape index (κ1) is 33.4. The van der Waals surface area contributed by atoms with E-state index in [-0.39, 0.29) is 5.41 Å². The monoisotopic (exact) mass is 744 g/mol. The van der Waals surface area contributed by atoms with Crippen molar-refractivity contribution < 1.29 is 0 Å². The Bertz CT molecular complexity index is 3110. The second-order valence-electron chi connectivity index (χ2n) is 15.1. The SMILES string of the molecule is CC1(c2ccccc2)c2ccccc2-c2ccc(-c3cc(-c4ccc(-c5ccc(-c6ccc7sc8ccccc8c7c6)cc5)cc4)nc(-c4ccccc4)n3)cc21. The topological polar surface area (TPSA) is 25.8 Å². The zero-order valence-electron chi connectivity index (χ0n) is 31.4. The summed E-state index contributed by atoms with van der Waals surface area (Å²) in [7, 11) is 0. The van der Waals surface area contributed by atoms with E-state index in [1.807, 2.05) is 29.5 Å². The van der Waals surface area contributed by atoms with Crippen LogP contribution in [0.2, 0.25) is 0 Å². The Morgan fingerprint density at radius 1 is 0.368 bits per heavy atom. The first-order chi connectivity index (χ1) is 28.1. The van der Waals surface area contributed by atoms with E-state index in [0.29, 0.717) is 5.82 Å². The standard InChI is InChI=1S/C54H36N2S/c1-54(42-14-6-3-7-15-42)47-18-10-8-16-43(47)44-30-28-41(33-48(44)54)50-34-49(55-53(56-50)39-12-4-2-5-13-39)38-26-24-36(25-27-38)35-20-22-37(23-21-35)40-29-31-52-46(32-40)45-17-9-11-19-51(45)57-52/h2-34H,1H3. The van der Waals surface area contributed by atoms with Crippen LogP contribution >= 0.6 is 11.3 Å². The Kier molecular flexibility index (Phi) is 7.84. The van der Waals surface area contributed by atoms with E-state index in [2.05, 4.69) is 189 Å². The van der Waals surface area contributed by atoms with Crippen molar-refractivity contribution in [3.8, 4) is 67.3 Å². The van der Waals surface area contributed by atoms with Crippen molar-refractivity contribution >= 4 is 31.5 Å². The molecule has 1 atom stereocenters. The van der Waals surface area contributed by atoms with Crippen LogP contribution < -0.4 is 0 Å². The molecule has 0 aliphatic heterocycles. The number of thiophene rings is 1.